The van der Waals surface area contributed by atoms with E-state index in [1.165, 1.54) is 275 Å². The highest BCUT2D eigenvalue weighted by Gasteiger charge is 2.26. The van der Waals surface area contributed by atoms with Crippen LogP contribution in [0.15, 0.2) is 595 Å². The summed E-state index contributed by atoms with van der Waals surface area (Å²) in [4.78, 5) is 0. The Morgan fingerprint density at radius 1 is 0.0676 bits per heavy atom. The van der Waals surface area contributed by atoms with Gasteiger partial charge in [-0.3, -0.25) is 0 Å². The highest BCUT2D eigenvalue weighted by atomic mass is 14.3. The zero-order valence-corrected chi connectivity index (χ0v) is 81.6. The van der Waals surface area contributed by atoms with Crippen molar-refractivity contribution in [1.29, 1.82) is 0 Å². The maximum Gasteiger partial charge on any atom is -0.00199 e. The van der Waals surface area contributed by atoms with Crippen LogP contribution >= 0.6 is 0 Å². The molecular weight excluding hydrogens is 1780 g/mol. The van der Waals surface area contributed by atoms with Crippen molar-refractivity contribution >= 4 is 108 Å². The Morgan fingerprint density at radius 2 is 0.243 bits per heavy atom. The van der Waals surface area contributed by atoms with Crippen LogP contribution < -0.4 is 0 Å². The van der Waals surface area contributed by atoms with Gasteiger partial charge in [0.1, 0.15) is 0 Å². The van der Waals surface area contributed by atoms with Gasteiger partial charge in [0.2, 0.25) is 0 Å². The van der Waals surface area contributed by atoms with E-state index in [-0.39, 0.29) is 0 Å². The molecule has 0 atom stereocenters. The number of benzene rings is 28. The summed E-state index contributed by atoms with van der Waals surface area (Å²) in [6.45, 7) is 0. The van der Waals surface area contributed by atoms with E-state index < -0.39 is 0 Å². The summed E-state index contributed by atoms with van der Waals surface area (Å²) in [6, 6.07) is 217. The van der Waals surface area contributed by atoms with Gasteiger partial charge < -0.3 is 0 Å². The second kappa shape index (κ2) is 39.2. The minimum atomic E-state index is 1.21. The van der Waals surface area contributed by atoms with Gasteiger partial charge in [-0.1, -0.05) is 552 Å². The summed E-state index contributed by atoms with van der Waals surface area (Å²) in [7, 11) is 0. The molecule has 0 heterocycles. The topological polar surface area (TPSA) is 0 Å². The first-order valence-electron chi connectivity index (χ1n) is 51.2. The molecule has 0 spiro atoms. The molecule has 0 radical (unpaired) electrons. The van der Waals surface area contributed by atoms with Crippen LogP contribution in [0, 0.1) is 0 Å². The molecule has 28 aromatic carbocycles. The lowest BCUT2D eigenvalue weighted by molar-refractivity contribution is 1.59. The minimum absolute atomic E-state index is 1.21. The van der Waals surface area contributed by atoms with Gasteiger partial charge in [0.05, 0.1) is 0 Å². The van der Waals surface area contributed by atoms with Crippen LogP contribution in [0.25, 0.3) is 275 Å². The Hall–Kier alpha value is -19.2. The van der Waals surface area contributed by atoms with E-state index in [0.717, 1.165) is 0 Å². The maximum absolute atomic E-state index is 2.43. The lowest BCUT2D eigenvalue weighted by Gasteiger charge is -2.21. The molecule has 0 aromatic heterocycles. The maximum atomic E-state index is 2.43. The molecule has 0 nitrogen and oxygen atoms in total. The van der Waals surface area contributed by atoms with Gasteiger partial charge in [0.25, 0.3) is 0 Å². The molecule has 0 aliphatic heterocycles. The van der Waals surface area contributed by atoms with E-state index in [4.69, 9.17) is 0 Å². The lowest BCUT2D eigenvalue weighted by Crippen LogP contribution is -1.94. The van der Waals surface area contributed by atoms with E-state index in [2.05, 4.69) is 595 Å². The fraction of sp³-hybridized carbons (Fsp3) is 0. The van der Waals surface area contributed by atoms with Gasteiger partial charge in [-0.05, 0) is 317 Å². The second-order valence-electron chi connectivity index (χ2n) is 38.6. The largest absolute Gasteiger partial charge is 0.0622 e. The summed E-state index contributed by atoms with van der Waals surface area (Å²) in [5.74, 6) is 0. The molecule has 148 heavy (non-hydrogen) atoms. The molecule has 0 amide bonds. The Kier molecular flexibility index (Phi) is 23.6. The zero-order chi connectivity index (χ0) is 98.2. The summed E-state index contributed by atoms with van der Waals surface area (Å²) >= 11 is 0. The average Bonchev–Trinajstić information content (AvgIpc) is 0.727. The Morgan fingerprint density at radius 3 is 0.581 bits per heavy atom. The van der Waals surface area contributed by atoms with Crippen LogP contribution in [0.4, 0.5) is 0 Å². The summed E-state index contributed by atoms with van der Waals surface area (Å²) in [5.41, 5.74) is 37.1. The van der Waals surface area contributed by atoms with E-state index in [0.29, 0.717) is 0 Å². The van der Waals surface area contributed by atoms with Crippen molar-refractivity contribution in [2.24, 2.45) is 0 Å². The molecule has 690 valence electrons. The first-order chi connectivity index (χ1) is 73.4. The molecule has 0 saturated carbocycles. The normalized spacial score (nSPS) is 11.4. The second-order valence-corrected chi connectivity index (χ2v) is 38.6. The predicted molar refractivity (Wildman–Crippen MR) is 636 cm³/mol. The minimum Gasteiger partial charge on any atom is -0.0622 e. The number of hydrogen-bond acceptors (Lipinski definition) is 0. The molecule has 0 N–H and O–H groups in total. The van der Waals surface area contributed by atoms with Crippen LogP contribution in [-0.4, -0.2) is 0 Å². The van der Waals surface area contributed by atoms with Crippen LogP contribution in [0.5, 0.6) is 0 Å². The highest BCUT2D eigenvalue weighted by Crippen LogP contribution is 2.53. The Bertz CT molecular complexity index is 9910. The molecule has 0 unspecified atom stereocenters. The molecule has 28 rings (SSSR count). The van der Waals surface area contributed by atoms with Gasteiger partial charge in [-0.2, -0.15) is 0 Å². The molecule has 0 bridgehead atoms. The molecule has 28 aromatic rings. The van der Waals surface area contributed by atoms with Crippen LogP contribution in [0.3, 0.4) is 0 Å². The first-order valence-corrected chi connectivity index (χ1v) is 51.2. The third-order valence-electron chi connectivity index (χ3n) is 30.0. The summed E-state index contributed by atoms with van der Waals surface area (Å²) < 4.78 is 0. The highest BCUT2D eigenvalue weighted by molar-refractivity contribution is 6.28. The Labute approximate surface area is 862 Å². The SMILES string of the molecule is c1ccc(-c2cccc(-c3ccc4c(-c5cccc6ccccc56)c5ccccc5c(-c5ccc(-c6cccc7ccccc67)cc5)c4c3)c2)cc1.c1ccc(-c2cccc(-c3ccc4c(-c5cccc6ccccc56)c5ccccc5c(-c5cccc(-c6ccccc6)c5)c4c3)c2)cc1.c1ccc(-c2cccc(-c3ccc4c(-c5cccc6ccccc56)c5ccccc5c(-c5ccccc5-c5ccccc5)c4c3)c2)cc1. The van der Waals surface area contributed by atoms with Crippen molar-refractivity contribution in [3.05, 3.63) is 595 Å². The van der Waals surface area contributed by atoms with Gasteiger partial charge in [0.15, 0.2) is 0 Å². The van der Waals surface area contributed by atoms with Crippen molar-refractivity contribution < 1.29 is 0 Å². The zero-order valence-electron chi connectivity index (χ0n) is 81.6. The van der Waals surface area contributed by atoms with Crippen LogP contribution in [-0.2, 0) is 0 Å². The molecule has 0 saturated heterocycles. The van der Waals surface area contributed by atoms with E-state index in [1.807, 2.05) is 0 Å². The quantitative estimate of drug-likeness (QED) is 0.0898. The van der Waals surface area contributed by atoms with E-state index in [9.17, 15) is 0 Å². The van der Waals surface area contributed by atoms with E-state index in [1.54, 1.807) is 0 Å². The van der Waals surface area contributed by atoms with Gasteiger partial charge in [0, 0.05) is 0 Å². The van der Waals surface area contributed by atoms with E-state index >= 15 is 0 Å². The van der Waals surface area contributed by atoms with Crippen molar-refractivity contribution in [1.82, 2.24) is 0 Å². The number of rotatable bonds is 15. The molecule has 0 aliphatic carbocycles. The standard InChI is InChI=1S/C52H34.2C48H32/c1-2-13-35(14-3-1)40-19-10-20-41(33-40)42-31-32-49-50(34-42)51(39-29-27-38(28-30-39)44-25-11-17-36-15-4-6-21-43(36)44)47-23-8-9-24-48(47)52(49)46-26-12-18-37-16-5-7-22-45(37)46;1-3-14-33(15-4-1)36-20-11-22-38(30-36)39-28-29-45-46(32-39)47(40-23-12-21-37(31-40)34-16-5-2-6-17-34)43-25-9-10-26-44(43)48(45)42-27-13-19-35-18-7-8-24-41(35)42;1-3-15-33(16-4-1)36-21-13-22-37(31-36)38-29-30-45-46(32-38)48(41-25-10-9-24-39(41)34-17-5-2-6-18-34)44-27-12-11-26-43(44)47(45)42-28-14-20-35-19-7-8-23-40(35)42/h1-34H;2*1-32H. The number of fused-ring (bicyclic) bond motifs is 10. The summed E-state index contributed by atoms with van der Waals surface area (Å²) in [6.07, 6.45) is 0. The number of hydrogen-bond donors (Lipinski definition) is 0. The van der Waals surface area contributed by atoms with Crippen molar-refractivity contribution in [3.63, 3.8) is 0 Å². The monoisotopic (exact) mass is 1870 g/mol. The molecular formula is C148H98. The smallest absolute Gasteiger partial charge is 0.00199 e. The van der Waals surface area contributed by atoms with Crippen molar-refractivity contribution in [3.8, 4) is 167 Å². The molecule has 0 heteroatoms. The Balaban J connectivity index is 0.000000112. The van der Waals surface area contributed by atoms with Crippen LogP contribution in [0.2, 0.25) is 0 Å². The third-order valence-corrected chi connectivity index (χ3v) is 30.0. The third kappa shape index (κ3) is 16.8. The molecule has 0 fully saturated rings. The molecule has 0 aliphatic rings. The van der Waals surface area contributed by atoms with Gasteiger partial charge >= 0.3 is 0 Å². The van der Waals surface area contributed by atoms with Gasteiger partial charge in [-0.15, -0.1) is 0 Å². The van der Waals surface area contributed by atoms with Crippen LogP contribution in [0.1, 0.15) is 0 Å². The van der Waals surface area contributed by atoms with Crippen molar-refractivity contribution in [2.45, 2.75) is 0 Å². The average molecular weight is 1880 g/mol. The van der Waals surface area contributed by atoms with Crippen molar-refractivity contribution in [2.75, 3.05) is 0 Å². The fourth-order valence-corrected chi connectivity index (χ4v) is 23.1. The predicted octanol–water partition coefficient (Wildman–Crippen LogP) is 41.6. The fourth-order valence-electron chi connectivity index (χ4n) is 23.1. The first kappa shape index (κ1) is 88.9. The lowest BCUT2D eigenvalue weighted by atomic mass is 9.82. The summed E-state index contributed by atoms with van der Waals surface area (Å²) in [5, 5.41) is 25.2. The van der Waals surface area contributed by atoms with Gasteiger partial charge in [-0.25, -0.2) is 0 Å².